The molecule has 1 aromatic heterocycles. The molecule has 16 heavy (non-hydrogen) atoms. The van der Waals surface area contributed by atoms with E-state index in [4.69, 9.17) is 0 Å². The van der Waals surface area contributed by atoms with E-state index in [0.717, 1.165) is 12.1 Å². The Labute approximate surface area is 97.5 Å². The molecule has 0 saturated heterocycles. The SMILES string of the molecule is CCc1cc2ccc(C(C)(C)C)cc2cn1. The van der Waals surface area contributed by atoms with Crippen molar-refractivity contribution in [1.82, 2.24) is 4.98 Å². The lowest BCUT2D eigenvalue weighted by Gasteiger charge is -2.19. The van der Waals surface area contributed by atoms with Gasteiger partial charge in [0.2, 0.25) is 0 Å². The predicted octanol–water partition coefficient (Wildman–Crippen LogP) is 4.09. The van der Waals surface area contributed by atoms with Crippen molar-refractivity contribution in [1.29, 1.82) is 0 Å². The van der Waals surface area contributed by atoms with Gasteiger partial charge in [0.25, 0.3) is 0 Å². The molecule has 1 heterocycles. The Morgan fingerprint density at radius 2 is 1.81 bits per heavy atom. The second kappa shape index (κ2) is 3.89. The first-order chi connectivity index (χ1) is 7.50. The first kappa shape index (κ1) is 11.1. The highest BCUT2D eigenvalue weighted by Gasteiger charge is 2.13. The number of pyridine rings is 1. The number of benzene rings is 1. The van der Waals surface area contributed by atoms with Gasteiger partial charge in [0.05, 0.1) is 0 Å². The Hall–Kier alpha value is -1.37. The van der Waals surface area contributed by atoms with E-state index < -0.39 is 0 Å². The summed E-state index contributed by atoms with van der Waals surface area (Å²) in [5, 5.41) is 2.53. The Kier molecular flexibility index (Phi) is 2.71. The summed E-state index contributed by atoms with van der Waals surface area (Å²) in [6.45, 7) is 8.85. The molecule has 2 rings (SSSR count). The zero-order chi connectivity index (χ0) is 11.8. The smallest absolute Gasteiger partial charge is 0.0407 e. The molecule has 0 aliphatic rings. The largest absolute Gasteiger partial charge is 0.261 e. The van der Waals surface area contributed by atoms with Gasteiger partial charge in [0.15, 0.2) is 0 Å². The van der Waals surface area contributed by atoms with Gasteiger partial charge >= 0.3 is 0 Å². The number of nitrogens with zero attached hydrogens (tertiary/aromatic N) is 1. The maximum Gasteiger partial charge on any atom is 0.0407 e. The molecule has 0 aliphatic carbocycles. The number of fused-ring (bicyclic) bond motifs is 1. The van der Waals surface area contributed by atoms with Crippen LogP contribution in [0.3, 0.4) is 0 Å². The summed E-state index contributed by atoms with van der Waals surface area (Å²) >= 11 is 0. The quantitative estimate of drug-likeness (QED) is 0.695. The normalized spacial score (nSPS) is 12.0. The lowest BCUT2D eigenvalue weighted by atomic mass is 9.86. The predicted molar refractivity (Wildman–Crippen MR) is 69.8 cm³/mol. The van der Waals surface area contributed by atoms with Crippen molar-refractivity contribution in [3.8, 4) is 0 Å². The summed E-state index contributed by atoms with van der Waals surface area (Å²) in [4.78, 5) is 4.45. The van der Waals surface area contributed by atoms with E-state index in [1.54, 1.807) is 0 Å². The lowest BCUT2D eigenvalue weighted by molar-refractivity contribution is 0.591. The highest BCUT2D eigenvalue weighted by Crippen LogP contribution is 2.25. The Morgan fingerprint density at radius 1 is 1.06 bits per heavy atom. The van der Waals surface area contributed by atoms with Crippen LogP contribution >= 0.6 is 0 Å². The molecule has 0 bridgehead atoms. The van der Waals surface area contributed by atoms with E-state index in [1.165, 1.54) is 16.3 Å². The summed E-state index contributed by atoms with van der Waals surface area (Å²) in [5.74, 6) is 0. The topological polar surface area (TPSA) is 12.9 Å². The van der Waals surface area contributed by atoms with Gasteiger partial charge in [-0.25, -0.2) is 0 Å². The third-order valence-electron chi connectivity index (χ3n) is 3.01. The van der Waals surface area contributed by atoms with Crippen LogP contribution in [0.15, 0.2) is 30.5 Å². The first-order valence-corrected chi connectivity index (χ1v) is 5.90. The van der Waals surface area contributed by atoms with Crippen LogP contribution in [0.4, 0.5) is 0 Å². The zero-order valence-corrected chi connectivity index (χ0v) is 10.5. The van der Waals surface area contributed by atoms with Gasteiger partial charge in [0, 0.05) is 17.3 Å². The van der Waals surface area contributed by atoms with E-state index in [0.29, 0.717) is 0 Å². The molecular weight excluding hydrogens is 194 g/mol. The van der Waals surface area contributed by atoms with E-state index in [9.17, 15) is 0 Å². The van der Waals surface area contributed by atoms with Gasteiger partial charge in [-0.1, -0.05) is 39.8 Å². The molecule has 0 unspecified atom stereocenters. The van der Waals surface area contributed by atoms with Crippen LogP contribution in [0.2, 0.25) is 0 Å². The maximum absolute atomic E-state index is 4.45. The Balaban J connectivity index is 2.56. The number of aryl methyl sites for hydroxylation is 1. The molecular formula is C15H19N. The number of aromatic nitrogens is 1. The average molecular weight is 213 g/mol. The van der Waals surface area contributed by atoms with E-state index in [1.807, 2.05) is 6.20 Å². The average Bonchev–Trinajstić information content (AvgIpc) is 2.26. The van der Waals surface area contributed by atoms with Gasteiger partial charge in [0.1, 0.15) is 0 Å². The second-order valence-electron chi connectivity index (χ2n) is 5.34. The standard InChI is InChI=1S/C15H19N/c1-5-14-9-11-6-7-13(15(2,3)4)8-12(11)10-16-14/h6-10H,5H2,1-4H3. The third-order valence-corrected chi connectivity index (χ3v) is 3.01. The molecule has 2 aromatic rings. The minimum atomic E-state index is 0.206. The van der Waals surface area contributed by atoms with Crippen LogP contribution in [0.25, 0.3) is 10.8 Å². The molecule has 0 N–H and O–H groups in total. The fourth-order valence-electron chi connectivity index (χ4n) is 1.85. The highest BCUT2D eigenvalue weighted by atomic mass is 14.7. The maximum atomic E-state index is 4.45. The molecule has 0 aliphatic heterocycles. The number of hydrogen-bond acceptors (Lipinski definition) is 1. The van der Waals surface area contributed by atoms with Crippen molar-refractivity contribution < 1.29 is 0 Å². The highest BCUT2D eigenvalue weighted by molar-refractivity contribution is 5.82. The minimum Gasteiger partial charge on any atom is -0.261 e. The summed E-state index contributed by atoms with van der Waals surface area (Å²) in [6, 6.07) is 8.86. The minimum absolute atomic E-state index is 0.206. The van der Waals surface area contributed by atoms with Crippen molar-refractivity contribution in [2.24, 2.45) is 0 Å². The van der Waals surface area contributed by atoms with Crippen LogP contribution in [-0.2, 0) is 11.8 Å². The molecule has 0 spiro atoms. The summed E-state index contributed by atoms with van der Waals surface area (Å²) in [6.07, 6.45) is 2.99. The molecule has 0 amide bonds. The van der Waals surface area contributed by atoms with Gasteiger partial charge < -0.3 is 0 Å². The van der Waals surface area contributed by atoms with Gasteiger partial charge in [-0.3, -0.25) is 4.98 Å². The van der Waals surface area contributed by atoms with Crippen LogP contribution in [0.1, 0.15) is 39.0 Å². The van der Waals surface area contributed by atoms with Crippen molar-refractivity contribution in [3.63, 3.8) is 0 Å². The van der Waals surface area contributed by atoms with Crippen molar-refractivity contribution >= 4 is 10.8 Å². The fourth-order valence-corrected chi connectivity index (χ4v) is 1.85. The monoisotopic (exact) mass is 213 g/mol. The van der Waals surface area contributed by atoms with Crippen LogP contribution < -0.4 is 0 Å². The molecule has 0 fully saturated rings. The Bertz CT molecular complexity index is 506. The summed E-state index contributed by atoms with van der Waals surface area (Å²) < 4.78 is 0. The molecule has 84 valence electrons. The van der Waals surface area contributed by atoms with Crippen molar-refractivity contribution in [2.75, 3.05) is 0 Å². The van der Waals surface area contributed by atoms with E-state index in [2.05, 4.69) is 56.9 Å². The Morgan fingerprint density at radius 3 is 2.44 bits per heavy atom. The zero-order valence-electron chi connectivity index (χ0n) is 10.5. The number of rotatable bonds is 1. The first-order valence-electron chi connectivity index (χ1n) is 5.90. The molecule has 1 heteroatoms. The molecule has 0 radical (unpaired) electrons. The summed E-state index contributed by atoms with van der Waals surface area (Å²) in [5.41, 5.74) is 2.74. The molecule has 0 saturated carbocycles. The van der Waals surface area contributed by atoms with Gasteiger partial charge in [-0.2, -0.15) is 0 Å². The fraction of sp³-hybridized carbons (Fsp3) is 0.400. The van der Waals surface area contributed by atoms with Crippen molar-refractivity contribution in [2.45, 2.75) is 39.5 Å². The van der Waals surface area contributed by atoms with Gasteiger partial charge in [-0.15, -0.1) is 0 Å². The van der Waals surface area contributed by atoms with Gasteiger partial charge in [-0.05, 0) is 34.9 Å². The second-order valence-corrected chi connectivity index (χ2v) is 5.34. The van der Waals surface area contributed by atoms with E-state index in [-0.39, 0.29) is 5.41 Å². The summed E-state index contributed by atoms with van der Waals surface area (Å²) in [7, 11) is 0. The van der Waals surface area contributed by atoms with Crippen LogP contribution in [-0.4, -0.2) is 4.98 Å². The third kappa shape index (κ3) is 2.08. The van der Waals surface area contributed by atoms with Crippen LogP contribution in [0.5, 0.6) is 0 Å². The number of hydrogen-bond donors (Lipinski definition) is 0. The lowest BCUT2D eigenvalue weighted by Crippen LogP contribution is -2.10. The molecule has 1 nitrogen and oxygen atoms in total. The van der Waals surface area contributed by atoms with Crippen molar-refractivity contribution in [3.05, 3.63) is 41.7 Å². The van der Waals surface area contributed by atoms with E-state index >= 15 is 0 Å². The van der Waals surface area contributed by atoms with Crippen LogP contribution in [0, 0.1) is 0 Å². The molecule has 0 atom stereocenters. The molecule has 1 aromatic carbocycles.